The van der Waals surface area contributed by atoms with E-state index in [1.54, 1.807) is 26.0 Å². The van der Waals surface area contributed by atoms with E-state index in [0.29, 0.717) is 5.75 Å². The van der Waals surface area contributed by atoms with Crippen molar-refractivity contribution in [1.82, 2.24) is 9.55 Å². The minimum absolute atomic E-state index is 0.237. The van der Waals surface area contributed by atoms with E-state index < -0.39 is 34.4 Å². The van der Waals surface area contributed by atoms with Gasteiger partial charge in [-0.3, -0.25) is 14.3 Å². The lowest BCUT2D eigenvalue weighted by atomic mass is 9.84. The molecular weight excluding hydrogens is 516 g/mol. The molecule has 2 N–H and O–H groups in total. The summed E-state index contributed by atoms with van der Waals surface area (Å²) in [6.45, 7) is 0. The Balaban J connectivity index is 1.54. The molecular formula is C30H30N2O6S. The molecule has 9 heteroatoms. The van der Waals surface area contributed by atoms with Gasteiger partial charge in [0.05, 0.1) is 31.2 Å². The number of aromatic amines is 1. The zero-order valence-electron chi connectivity index (χ0n) is 21.7. The van der Waals surface area contributed by atoms with Crippen molar-refractivity contribution in [3.63, 3.8) is 0 Å². The molecule has 0 spiro atoms. The van der Waals surface area contributed by atoms with E-state index in [9.17, 15) is 14.7 Å². The van der Waals surface area contributed by atoms with Crippen LogP contribution in [-0.2, 0) is 9.48 Å². The van der Waals surface area contributed by atoms with E-state index in [-0.39, 0.29) is 6.42 Å². The number of H-pyrrole nitrogens is 1. The van der Waals surface area contributed by atoms with Crippen LogP contribution in [0.2, 0.25) is 0 Å². The van der Waals surface area contributed by atoms with E-state index in [0.717, 1.165) is 28.2 Å². The second-order valence-electron chi connectivity index (χ2n) is 9.26. The van der Waals surface area contributed by atoms with Crippen LogP contribution in [0.5, 0.6) is 11.5 Å². The van der Waals surface area contributed by atoms with Gasteiger partial charge in [0.25, 0.3) is 5.56 Å². The summed E-state index contributed by atoms with van der Waals surface area (Å²) in [5.41, 5.74) is 2.08. The van der Waals surface area contributed by atoms with Gasteiger partial charge in [0, 0.05) is 24.4 Å². The number of hydrogen-bond acceptors (Lipinski definition) is 7. The van der Waals surface area contributed by atoms with E-state index in [4.69, 9.17) is 14.2 Å². The monoisotopic (exact) mass is 546 g/mol. The normalized spacial score (nSPS) is 19.1. The second kappa shape index (κ2) is 11.5. The minimum Gasteiger partial charge on any atom is -0.497 e. The number of aliphatic hydroxyl groups excluding tert-OH is 1. The Kier molecular flexibility index (Phi) is 7.92. The number of nitrogens with zero attached hydrogens (tertiary/aromatic N) is 1. The fourth-order valence-corrected chi connectivity index (χ4v) is 6.59. The Morgan fingerprint density at radius 2 is 1.46 bits per heavy atom. The van der Waals surface area contributed by atoms with E-state index in [2.05, 4.69) is 41.4 Å². The molecule has 1 aliphatic heterocycles. The Bertz CT molecular complexity index is 1450. The lowest BCUT2D eigenvalue weighted by molar-refractivity contribution is -0.00763. The van der Waals surface area contributed by atoms with Crippen LogP contribution in [0.1, 0.15) is 29.3 Å². The molecule has 0 amide bonds. The highest BCUT2D eigenvalue weighted by molar-refractivity contribution is 8.00. The molecule has 8 nitrogen and oxygen atoms in total. The zero-order chi connectivity index (χ0) is 27.4. The first-order chi connectivity index (χ1) is 18.9. The summed E-state index contributed by atoms with van der Waals surface area (Å²) in [5, 5.41) is 11.0. The van der Waals surface area contributed by atoms with Gasteiger partial charge in [-0.05, 0) is 41.0 Å². The third kappa shape index (κ3) is 5.38. The van der Waals surface area contributed by atoms with Crippen LogP contribution in [0.25, 0.3) is 0 Å². The predicted octanol–water partition coefficient (Wildman–Crippen LogP) is 3.93. The molecule has 1 fully saturated rings. The first kappa shape index (κ1) is 26.8. The van der Waals surface area contributed by atoms with Crippen LogP contribution in [0, 0.1) is 0 Å². The van der Waals surface area contributed by atoms with Gasteiger partial charge in [-0.25, -0.2) is 4.79 Å². The van der Waals surface area contributed by atoms with Gasteiger partial charge in [0.15, 0.2) is 0 Å². The number of thioether (sulfide) groups is 1. The molecule has 0 bridgehead atoms. The topological polar surface area (TPSA) is 103 Å². The number of aromatic nitrogens is 2. The van der Waals surface area contributed by atoms with Crippen molar-refractivity contribution in [2.45, 2.75) is 29.6 Å². The molecule has 2 heterocycles. The Hall–Kier alpha value is -3.79. The average Bonchev–Trinajstić information content (AvgIpc) is 3.34. The minimum atomic E-state index is -0.790. The first-order valence-electron chi connectivity index (χ1n) is 12.6. The number of benzene rings is 3. The SMILES string of the molecule is COc1ccc(C(SC[C@H]2O[C@@H](n3ccc(=O)[nH]c3=O)C[C@@H]2O)(c2ccccc2)c2ccc(OC)cc2)cc1. The highest BCUT2D eigenvalue weighted by Crippen LogP contribution is 2.50. The summed E-state index contributed by atoms with van der Waals surface area (Å²) < 4.78 is 17.7. The molecule has 5 rings (SSSR count). The first-order valence-corrected chi connectivity index (χ1v) is 13.6. The van der Waals surface area contributed by atoms with Gasteiger partial charge < -0.3 is 19.3 Å². The summed E-state index contributed by atoms with van der Waals surface area (Å²) in [7, 11) is 3.28. The maximum Gasteiger partial charge on any atom is 0.330 e. The molecule has 4 aromatic rings. The number of aliphatic hydroxyl groups is 1. The standard InChI is InChI=1S/C30H30N2O6S/c1-36-23-12-8-21(9-13-23)30(20-6-4-3-5-7-20,22-10-14-24(37-2)15-11-22)39-19-26-25(33)18-28(38-26)32-17-16-27(34)31-29(32)35/h3-17,25-26,28,33H,18-19H2,1-2H3,(H,31,34,35)/t25-,26+,28+/m0/s1. The summed E-state index contributed by atoms with van der Waals surface area (Å²) in [6, 6.07) is 27.4. The zero-order valence-corrected chi connectivity index (χ0v) is 22.5. The summed E-state index contributed by atoms with van der Waals surface area (Å²) >= 11 is 1.65. The van der Waals surface area contributed by atoms with Gasteiger partial charge in [0.1, 0.15) is 17.7 Å². The van der Waals surface area contributed by atoms with Crippen molar-refractivity contribution in [3.05, 3.63) is 129 Å². The van der Waals surface area contributed by atoms with Crippen molar-refractivity contribution < 1.29 is 19.3 Å². The molecule has 0 aliphatic carbocycles. The number of ether oxygens (including phenoxy) is 3. The van der Waals surface area contributed by atoms with Crippen molar-refractivity contribution in [2.24, 2.45) is 0 Å². The number of methoxy groups -OCH3 is 2. The largest absolute Gasteiger partial charge is 0.497 e. The van der Waals surface area contributed by atoms with Gasteiger partial charge in [-0.1, -0.05) is 54.6 Å². The molecule has 0 unspecified atom stereocenters. The lowest BCUT2D eigenvalue weighted by Gasteiger charge is -2.36. The molecule has 1 aromatic heterocycles. The lowest BCUT2D eigenvalue weighted by Crippen LogP contribution is -2.32. The molecule has 0 radical (unpaired) electrons. The van der Waals surface area contributed by atoms with Crippen LogP contribution < -0.4 is 20.7 Å². The summed E-state index contributed by atoms with van der Waals surface area (Å²) in [6.07, 6.45) is -0.375. The fourth-order valence-electron chi connectivity index (χ4n) is 4.97. The number of rotatable bonds is 9. The van der Waals surface area contributed by atoms with Crippen molar-refractivity contribution in [2.75, 3.05) is 20.0 Å². The Morgan fingerprint density at radius 3 is 2.00 bits per heavy atom. The smallest absolute Gasteiger partial charge is 0.330 e. The van der Waals surface area contributed by atoms with Crippen LogP contribution in [-0.4, -0.2) is 46.8 Å². The molecule has 1 saturated heterocycles. The predicted molar refractivity (Wildman–Crippen MR) is 151 cm³/mol. The van der Waals surface area contributed by atoms with Crippen molar-refractivity contribution in [1.29, 1.82) is 0 Å². The number of nitrogens with one attached hydrogen (secondary N) is 1. The van der Waals surface area contributed by atoms with Crippen LogP contribution in [0.3, 0.4) is 0 Å². The highest BCUT2D eigenvalue weighted by Gasteiger charge is 2.41. The molecule has 3 aromatic carbocycles. The molecule has 202 valence electrons. The van der Waals surface area contributed by atoms with Crippen LogP contribution in [0.15, 0.2) is 101 Å². The van der Waals surface area contributed by atoms with Crippen LogP contribution >= 0.6 is 11.8 Å². The van der Waals surface area contributed by atoms with E-state index in [1.807, 2.05) is 42.5 Å². The number of hydrogen-bond donors (Lipinski definition) is 2. The Labute approximate surface area is 230 Å². The second-order valence-corrected chi connectivity index (χ2v) is 10.5. The summed E-state index contributed by atoms with van der Waals surface area (Å²) in [5.74, 6) is 1.94. The molecule has 0 saturated carbocycles. The van der Waals surface area contributed by atoms with Gasteiger partial charge in [-0.2, -0.15) is 0 Å². The maximum absolute atomic E-state index is 12.3. The molecule has 39 heavy (non-hydrogen) atoms. The van der Waals surface area contributed by atoms with Crippen LogP contribution in [0.4, 0.5) is 0 Å². The quantitative estimate of drug-likeness (QED) is 0.307. The highest BCUT2D eigenvalue weighted by atomic mass is 32.2. The maximum atomic E-state index is 12.3. The van der Waals surface area contributed by atoms with Gasteiger partial charge in [0.2, 0.25) is 0 Å². The van der Waals surface area contributed by atoms with Gasteiger partial charge >= 0.3 is 5.69 Å². The third-order valence-corrected chi connectivity index (χ3v) is 8.64. The molecule has 3 atom stereocenters. The third-order valence-electron chi connectivity index (χ3n) is 7.00. The van der Waals surface area contributed by atoms with E-state index >= 15 is 0 Å². The fraction of sp³-hybridized carbons (Fsp3) is 0.267. The Morgan fingerprint density at radius 1 is 0.897 bits per heavy atom. The molecule has 1 aliphatic rings. The van der Waals surface area contributed by atoms with Crippen molar-refractivity contribution >= 4 is 11.8 Å². The van der Waals surface area contributed by atoms with Crippen molar-refractivity contribution in [3.8, 4) is 11.5 Å². The summed E-state index contributed by atoms with van der Waals surface area (Å²) in [4.78, 5) is 26.1. The van der Waals surface area contributed by atoms with Gasteiger partial charge in [-0.15, -0.1) is 11.8 Å². The van der Waals surface area contributed by atoms with E-state index in [1.165, 1.54) is 16.8 Å². The average molecular weight is 547 g/mol.